The molecule has 0 aromatic heterocycles. The summed E-state index contributed by atoms with van der Waals surface area (Å²) in [7, 11) is 1.67. The number of benzene rings is 1. The molecule has 1 aliphatic carbocycles. The molecule has 0 heterocycles. The first-order valence-electron chi connectivity index (χ1n) is 7.56. The summed E-state index contributed by atoms with van der Waals surface area (Å²) >= 11 is 0. The van der Waals surface area contributed by atoms with Gasteiger partial charge < -0.3 is 14.6 Å². The Labute approximate surface area is 121 Å². The molecule has 0 aliphatic heterocycles. The van der Waals surface area contributed by atoms with Crippen molar-refractivity contribution in [3.8, 4) is 5.75 Å². The van der Waals surface area contributed by atoms with Gasteiger partial charge in [-0.2, -0.15) is 0 Å². The van der Waals surface area contributed by atoms with E-state index in [0.29, 0.717) is 12.7 Å². The van der Waals surface area contributed by atoms with Crippen LogP contribution in [-0.4, -0.2) is 18.3 Å². The van der Waals surface area contributed by atoms with Crippen LogP contribution in [0.15, 0.2) is 18.2 Å². The van der Waals surface area contributed by atoms with E-state index in [1.807, 2.05) is 18.2 Å². The van der Waals surface area contributed by atoms with E-state index in [4.69, 9.17) is 9.47 Å². The Morgan fingerprint density at radius 2 is 2.15 bits per heavy atom. The second-order valence-corrected chi connectivity index (χ2v) is 5.95. The van der Waals surface area contributed by atoms with Crippen molar-refractivity contribution in [1.82, 2.24) is 0 Å². The van der Waals surface area contributed by atoms with Gasteiger partial charge in [0.15, 0.2) is 0 Å². The lowest BCUT2D eigenvalue weighted by atomic mass is 9.89. The first kappa shape index (κ1) is 15.3. The summed E-state index contributed by atoms with van der Waals surface area (Å²) < 4.78 is 11.4. The van der Waals surface area contributed by atoms with Crippen molar-refractivity contribution in [2.45, 2.75) is 58.3 Å². The zero-order valence-electron chi connectivity index (χ0n) is 12.8. The number of rotatable bonds is 5. The van der Waals surface area contributed by atoms with Gasteiger partial charge in [-0.1, -0.05) is 25.8 Å². The van der Waals surface area contributed by atoms with Crippen LogP contribution in [0.1, 0.15) is 56.8 Å². The molecule has 0 amide bonds. The first-order chi connectivity index (χ1) is 9.60. The van der Waals surface area contributed by atoms with E-state index >= 15 is 0 Å². The first-order valence-corrected chi connectivity index (χ1v) is 7.56. The zero-order valence-corrected chi connectivity index (χ0v) is 12.8. The third-order valence-electron chi connectivity index (χ3n) is 4.15. The molecule has 1 fully saturated rings. The molecule has 112 valence electrons. The van der Waals surface area contributed by atoms with Crippen molar-refractivity contribution in [1.29, 1.82) is 0 Å². The van der Waals surface area contributed by atoms with E-state index in [-0.39, 0.29) is 0 Å². The normalized spacial score (nSPS) is 24.4. The summed E-state index contributed by atoms with van der Waals surface area (Å²) in [4.78, 5) is 0. The summed E-state index contributed by atoms with van der Waals surface area (Å²) in [5.41, 5.74) is 1.92. The van der Waals surface area contributed by atoms with Gasteiger partial charge in [-0.3, -0.25) is 0 Å². The van der Waals surface area contributed by atoms with Crippen LogP contribution >= 0.6 is 0 Å². The van der Waals surface area contributed by atoms with Crippen LogP contribution in [0.25, 0.3) is 0 Å². The Hall–Kier alpha value is -1.06. The highest BCUT2D eigenvalue weighted by Gasteiger charge is 2.20. The van der Waals surface area contributed by atoms with Crippen LogP contribution in [0, 0.1) is 5.92 Å². The molecule has 1 aromatic rings. The molecule has 2 rings (SSSR count). The minimum Gasteiger partial charge on any atom is -0.496 e. The monoisotopic (exact) mass is 278 g/mol. The summed E-state index contributed by atoms with van der Waals surface area (Å²) in [5.74, 6) is 1.60. The predicted octanol–water partition coefficient (Wildman–Crippen LogP) is 3.84. The van der Waals surface area contributed by atoms with Gasteiger partial charge in [-0.25, -0.2) is 0 Å². The van der Waals surface area contributed by atoms with E-state index in [1.54, 1.807) is 14.0 Å². The molecule has 1 aromatic carbocycles. The molecule has 3 heteroatoms. The number of hydrogen-bond donors (Lipinski definition) is 1. The van der Waals surface area contributed by atoms with Crippen molar-refractivity contribution in [3.63, 3.8) is 0 Å². The lowest BCUT2D eigenvalue weighted by Crippen LogP contribution is -2.21. The van der Waals surface area contributed by atoms with Crippen molar-refractivity contribution in [2.75, 3.05) is 7.11 Å². The van der Waals surface area contributed by atoms with Gasteiger partial charge >= 0.3 is 0 Å². The minimum atomic E-state index is -0.464. The Kier molecular flexibility index (Phi) is 5.44. The largest absolute Gasteiger partial charge is 0.496 e. The smallest absolute Gasteiger partial charge is 0.124 e. The topological polar surface area (TPSA) is 38.7 Å². The number of aliphatic hydroxyl groups excluding tert-OH is 1. The molecular formula is C17H26O3. The SMILES string of the molecule is COc1ccc(C(C)O)cc1COC1CCCC(C)C1. The fraction of sp³-hybridized carbons (Fsp3) is 0.647. The molecular weight excluding hydrogens is 252 g/mol. The quantitative estimate of drug-likeness (QED) is 0.889. The highest BCUT2D eigenvalue weighted by Crippen LogP contribution is 2.29. The Bertz CT molecular complexity index is 428. The fourth-order valence-corrected chi connectivity index (χ4v) is 2.91. The second-order valence-electron chi connectivity index (χ2n) is 5.95. The maximum absolute atomic E-state index is 9.68. The standard InChI is InChI=1S/C17H26O3/c1-12-5-4-6-16(9-12)20-11-15-10-14(13(2)18)7-8-17(15)19-3/h7-8,10,12-13,16,18H,4-6,9,11H2,1-3H3. The van der Waals surface area contributed by atoms with Crippen molar-refractivity contribution in [2.24, 2.45) is 5.92 Å². The van der Waals surface area contributed by atoms with E-state index in [0.717, 1.165) is 35.6 Å². The van der Waals surface area contributed by atoms with E-state index in [1.165, 1.54) is 12.8 Å². The van der Waals surface area contributed by atoms with Crippen LogP contribution in [0.4, 0.5) is 0 Å². The molecule has 20 heavy (non-hydrogen) atoms. The van der Waals surface area contributed by atoms with Crippen molar-refractivity contribution >= 4 is 0 Å². The minimum absolute atomic E-state index is 0.360. The molecule has 1 N–H and O–H groups in total. The van der Waals surface area contributed by atoms with E-state index in [9.17, 15) is 5.11 Å². The molecule has 0 spiro atoms. The van der Waals surface area contributed by atoms with Crippen molar-refractivity contribution in [3.05, 3.63) is 29.3 Å². The Morgan fingerprint density at radius 3 is 2.80 bits per heavy atom. The summed E-state index contributed by atoms with van der Waals surface area (Å²) in [6, 6.07) is 5.79. The molecule has 0 saturated heterocycles. The third-order valence-corrected chi connectivity index (χ3v) is 4.15. The van der Waals surface area contributed by atoms with Crippen molar-refractivity contribution < 1.29 is 14.6 Å². The summed E-state index contributed by atoms with van der Waals surface area (Å²) in [6.45, 7) is 4.63. The average molecular weight is 278 g/mol. The van der Waals surface area contributed by atoms with Crippen LogP contribution < -0.4 is 4.74 Å². The number of methoxy groups -OCH3 is 1. The number of ether oxygens (including phenoxy) is 2. The van der Waals surface area contributed by atoms with Gasteiger partial charge in [0.2, 0.25) is 0 Å². The molecule has 1 aliphatic rings. The van der Waals surface area contributed by atoms with Crippen LogP contribution in [0.2, 0.25) is 0 Å². The maximum atomic E-state index is 9.68. The molecule has 0 radical (unpaired) electrons. The lowest BCUT2D eigenvalue weighted by Gasteiger charge is -2.27. The second kappa shape index (κ2) is 7.09. The average Bonchev–Trinajstić information content (AvgIpc) is 2.44. The fourth-order valence-electron chi connectivity index (χ4n) is 2.91. The van der Waals surface area contributed by atoms with Crippen LogP contribution in [0.3, 0.4) is 0 Å². The Morgan fingerprint density at radius 1 is 1.35 bits per heavy atom. The zero-order chi connectivity index (χ0) is 14.5. The molecule has 0 bridgehead atoms. The molecule has 3 nitrogen and oxygen atoms in total. The highest BCUT2D eigenvalue weighted by molar-refractivity contribution is 5.37. The predicted molar refractivity (Wildman–Crippen MR) is 79.8 cm³/mol. The van der Waals surface area contributed by atoms with Gasteiger partial charge in [0.25, 0.3) is 0 Å². The molecule has 3 atom stereocenters. The number of hydrogen-bond acceptors (Lipinski definition) is 3. The lowest BCUT2D eigenvalue weighted by molar-refractivity contribution is 0.00388. The van der Waals surface area contributed by atoms with Gasteiger partial charge in [-0.05, 0) is 43.4 Å². The number of aliphatic hydroxyl groups is 1. The van der Waals surface area contributed by atoms with E-state index < -0.39 is 6.10 Å². The van der Waals surface area contributed by atoms with Gasteiger partial charge in [-0.15, -0.1) is 0 Å². The van der Waals surface area contributed by atoms with Gasteiger partial charge in [0.1, 0.15) is 5.75 Å². The summed E-state index contributed by atoms with van der Waals surface area (Å²) in [5, 5.41) is 9.68. The van der Waals surface area contributed by atoms with Crippen LogP contribution in [-0.2, 0) is 11.3 Å². The molecule has 1 saturated carbocycles. The van der Waals surface area contributed by atoms with Gasteiger partial charge in [0, 0.05) is 5.56 Å². The highest BCUT2D eigenvalue weighted by atomic mass is 16.5. The maximum Gasteiger partial charge on any atom is 0.124 e. The third kappa shape index (κ3) is 3.97. The van der Waals surface area contributed by atoms with Crippen LogP contribution in [0.5, 0.6) is 5.75 Å². The Balaban J connectivity index is 2.01. The summed E-state index contributed by atoms with van der Waals surface area (Å²) in [6.07, 6.45) is 4.78. The van der Waals surface area contributed by atoms with Gasteiger partial charge in [0.05, 0.1) is 25.9 Å². The van der Waals surface area contributed by atoms with E-state index in [2.05, 4.69) is 6.92 Å². The molecule has 3 unspecified atom stereocenters.